The molecule has 2 saturated heterocycles. The van der Waals surface area contributed by atoms with Crippen molar-refractivity contribution >= 4 is 29.2 Å². The van der Waals surface area contributed by atoms with Crippen LogP contribution in [0.1, 0.15) is 132 Å². The number of ketones is 3. The zero-order valence-corrected chi connectivity index (χ0v) is 43.1. The maximum Gasteiger partial charge on any atom is 0.329 e. The van der Waals surface area contributed by atoms with Crippen molar-refractivity contribution in [3.8, 4) is 0 Å². The molecule has 2 bridgehead atoms. The monoisotopic (exact) mass is 972 g/mol. The van der Waals surface area contributed by atoms with Gasteiger partial charge in [-0.2, -0.15) is 0 Å². The number of fused-ring (bicyclic) bond motifs is 3. The summed E-state index contributed by atoms with van der Waals surface area (Å²) in [6, 6.07) is -1.15. The summed E-state index contributed by atoms with van der Waals surface area (Å²) in [6.07, 6.45) is 12.9. The smallest absolute Gasteiger partial charge is 0.329 e. The highest BCUT2D eigenvalue weighted by molar-refractivity contribution is 6.39. The molecule has 69 heavy (non-hydrogen) atoms. The van der Waals surface area contributed by atoms with Crippen LogP contribution in [-0.2, 0) is 52.4 Å². The number of methoxy groups -OCH3 is 3. The lowest BCUT2D eigenvalue weighted by Gasteiger charge is -2.42. The van der Waals surface area contributed by atoms with E-state index in [1.165, 1.54) is 12.0 Å². The van der Waals surface area contributed by atoms with Gasteiger partial charge in [0.2, 0.25) is 5.79 Å². The zero-order chi connectivity index (χ0) is 51.0. The molecule has 0 aromatic rings. The molecular formula is C54H85NO14. The molecule has 0 radical (unpaired) electrons. The third-order valence-electron chi connectivity index (χ3n) is 15.3. The van der Waals surface area contributed by atoms with E-state index < -0.39 is 77.8 Å². The van der Waals surface area contributed by atoms with Crippen LogP contribution in [0.2, 0.25) is 0 Å². The average molecular weight is 972 g/mol. The van der Waals surface area contributed by atoms with Gasteiger partial charge in [0.25, 0.3) is 11.7 Å². The Morgan fingerprint density at radius 2 is 1.61 bits per heavy atom. The number of piperidine rings is 1. The maximum atomic E-state index is 14.5. The lowest BCUT2D eigenvalue weighted by Crippen LogP contribution is -2.61. The highest BCUT2D eigenvalue weighted by atomic mass is 16.6. The minimum absolute atomic E-state index is 0.0667. The molecule has 1 aliphatic carbocycles. The van der Waals surface area contributed by atoms with Gasteiger partial charge in [-0.3, -0.25) is 19.2 Å². The molecule has 4 aliphatic rings. The molecule has 1 saturated carbocycles. The number of allylic oxidation sites excluding steroid dienone is 6. The highest BCUT2D eigenvalue weighted by Gasteiger charge is 2.53. The van der Waals surface area contributed by atoms with Gasteiger partial charge in [-0.15, -0.1) is 0 Å². The fourth-order valence-electron chi connectivity index (χ4n) is 10.7. The topological polar surface area (TPSA) is 205 Å². The van der Waals surface area contributed by atoms with E-state index in [-0.39, 0.29) is 74.1 Å². The third-order valence-corrected chi connectivity index (χ3v) is 15.3. The number of carbonyl (C=O) groups excluding carboxylic acids is 5. The van der Waals surface area contributed by atoms with Crippen LogP contribution in [0.15, 0.2) is 47.6 Å². The highest BCUT2D eigenvalue weighted by Crippen LogP contribution is 2.38. The first kappa shape index (κ1) is 58.2. The molecule has 3 aliphatic heterocycles. The normalized spacial score (nSPS) is 38.8. The molecule has 4 rings (SSSR count). The minimum atomic E-state index is -2.43. The predicted molar refractivity (Wildman–Crippen MR) is 261 cm³/mol. The summed E-state index contributed by atoms with van der Waals surface area (Å²) in [6.45, 7) is 13.0. The molecule has 3 N–H and O–H groups in total. The molecule has 3 heterocycles. The number of hydrogen-bond acceptors (Lipinski definition) is 14. The Kier molecular flexibility index (Phi) is 23.6. The first-order valence-electron chi connectivity index (χ1n) is 25.5. The molecular weight excluding hydrogens is 887 g/mol. The van der Waals surface area contributed by atoms with E-state index in [2.05, 4.69) is 13.0 Å². The van der Waals surface area contributed by atoms with Crippen molar-refractivity contribution in [1.82, 2.24) is 4.90 Å². The number of aliphatic hydroxyl groups excluding tert-OH is 2. The Balaban J connectivity index is 1.71. The van der Waals surface area contributed by atoms with Crippen molar-refractivity contribution in [3.63, 3.8) is 0 Å². The Hall–Kier alpha value is -3.41. The van der Waals surface area contributed by atoms with Crippen molar-refractivity contribution in [1.29, 1.82) is 0 Å². The number of rotatable bonds is 10. The fourth-order valence-corrected chi connectivity index (χ4v) is 10.7. The number of esters is 1. The first-order valence-corrected chi connectivity index (χ1v) is 25.5. The zero-order valence-electron chi connectivity index (χ0n) is 43.1. The Bertz CT molecular complexity index is 1830. The molecule has 15 atom stereocenters. The van der Waals surface area contributed by atoms with E-state index in [9.17, 15) is 39.3 Å². The van der Waals surface area contributed by atoms with Gasteiger partial charge in [-0.1, -0.05) is 71.1 Å². The molecule has 15 nitrogen and oxygen atoms in total. The van der Waals surface area contributed by atoms with Crippen LogP contribution in [0.25, 0.3) is 0 Å². The van der Waals surface area contributed by atoms with E-state index in [1.54, 1.807) is 41.1 Å². The number of carbonyl (C=O) groups is 5. The number of Topliss-reactive ketones (excluding diaryl/α,β-unsaturated/α-hetero) is 3. The van der Waals surface area contributed by atoms with Gasteiger partial charge in [0, 0.05) is 58.5 Å². The number of ether oxygens (including phenoxy) is 6. The molecule has 2 unspecified atom stereocenters. The molecule has 0 aromatic carbocycles. The van der Waals surface area contributed by atoms with Crippen molar-refractivity contribution in [2.75, 3.05) is 41.1 Å². The largest absolute Gasteiger partial charge is 0.460 e. The molecule has 0 spiro atoms. The van der Waals surface area contributed by atoms with Crippen LogP contribution in [-0.4, -0.2) is 145 Å². The number of nitrogens with zero attached hydrogens (tertiary/aromatic N) is 1. The minimum Gasteiger partial charge on any atom is -0.460 e. The van der Waals surface area contributed by atoms with Crippen LogP contribution in [0.3, 0.4) is 0 Å². The second kappa shape index (κ2) is 28.0. The molecule has 15 heteroatoms. The van der Waals surface area contributed by atoms with Crippen LogP contribution >= 0.6 is 0 Å². The van der Waals surface area contributed by atoms with Gasteiger partial charge < -0.3 is 48.6 Å². The number of amides is 1. The van der Waals surface area contributed by atoms with Gasteiger partial charge in [0.15, 0.2) is 5.78 Å². The second-order valence-corrected chi connectivity index (χ2v) is 20.3. The van der Waals surface area contributed by atoms with Crippen LogP contribution in [0.4, 0.5) is 0 Å². The Labute approximate surface area is 411 Å². The van der Waals surface area contributed by atoms with E-state index in [1.807, 2.05) is 45.1 Å². The van der Waals surface area contributed by atoms with Crippen LogP contribution in [0, 0.1) is 35.5 Å². The Morgan fingerprint density at radius 1 is 0.870 bits per heavy atom. The summed E-state index contributed by atoms with van der Waals surface area (Å²) < 4.78 is 35.6. The molecule has 390 valence electrons. The third kappa shape index (κ3) is 15.8. The van der Waals surface area contributed by atoms with E-state index in [4.69, 9.17) is 28.4 Å². The average Bonchev–Trinajstić information content (AvgIpc) is 3.34. The summed E-state index contributed by atoms with van der Waals surface area (Å²) in [4.78, 5) is 72.3. The summed E-state index contributed by atoms with van der Waals surface area (Å²) in [5.41, 5.74) is 1.27. The van der Waals surface area contributed by atoms with Gasteiger partial charge in [-0.05, 0) is 113 Å². The Morgan fingerprint density at radius 3 is 2.28 bits per heavy atom. The van der Waals surface area contributed by atoms with Gasteiger partial charge in [-0.25, -0.2) is 4.79 Å². The lowest BCUT2D eigenvalue weighted by molar-refractivity contribution is -0.265. The van der Waals surface area contributed by atoms with Crippen LogP contribution < -0.4 is 0 Å². The molecule has 0 aromatic heterocycles. The quantitative estimate of drug-likeness (QED) is 0.120. The number of hydrogen-bond donors (Lipinski definition) is 3. The SMILES string of the molecule is CC[C@@H]1/C=C/C=C/C=C(\C)[C@@H](OC)C[C@@H]2CC[C@@H](C)[C@@](O)(O2)C(=O)C(=O)N2CCCC[C@H]2C(=O)O[C@H]([C@H](C)C[C@@H]2CC[C@@H](OCCO)[C@H](OC)C2)CC(=O)[C@H](C)/C=C(\C)[C@@H](O)C(OC)C(=O)C(C)C1. The van der Waals surface area contributed by atoms with E-state index in [0.717, 1.165) is 18.4 Å². The van der Waals surface area contributed by atoms with Crippen molar-refractivity contribution < 1.29 is 67.7 Å². The van der Waals surface area contributed by atoms with Crippen molar-refractivity contribution in [3.05, 3.63) is 47.6 Å². The molecule has 3 fully saturated rings. The number of aliphatic hydroxyl groups is 3. The predicted octanol–water partition coefficient (Wildman–Crippen LogP) is 6.59. The van der Waals surface area contributed by atoms with Crippen molar-refractivity contribution in [2.24, 2.45) is 35.5 Å². The van der Waals surface area contributed by atoms with E-state index >= 15 is 0 Å². The molecule has 1 amide bonds. The van der Waals surface area contributed by atoms with Gasteiger partial charge in [0.05, 0.1) is 37.6 Å². The maximum absolute atomic E-state index is 14.5. The fraction of sp³-hybridized carbons (Fsp3) is 0.759. The first-order chi connectivity index (χ1) is 32.8. The van der Waals surface area contributed by atoms with E-state index in [0.29, 0.717) is 63.4 Å². The van der Waals surface area contributed by atoms with Gasteiger partial charge in [0.1, 0.15) is 30.1 Å². The second-order valence-electron chi connectivity index (χ2n) is 20.3. The lowest BCUT2D eigenvalue weighted by atomic mass is 9.78. The number of cyclic esters (lactones) is 1. The standard InChI is InChI=1S/C54H85NO14/c1-11-39-18-14-12-13-17-33(2)45(64-8)31-41-22-20-38(7)54(63,69-41)51(60)52(61)55-24-16-15-19-42(55)53(62)68-46(35(4)28-40-21-23-44(67-26-25-56)47(30-40)65-9)32-43(57)34(3)27-36(5)48(58)50(66-10)49(59)37(6)29-39/h12-14,17-18,27,34-35,37-42,44-48,50,56,58,63H,11,15-16,19-26,28-32H2,1-10H3/b13-12+,18-14+,33-17+,36-27+/t34-,35-,37?,38-,39-,40+,41+,42+,44-,45+,46+,47-,48-,50?,54-/m1/s1. The summed E-state index contributed by atoms with van der Waals surface area (Å²) in [5.74, 6) is -7.89. The van der Waals surface area contributed by atoms with Crippen LogP contribution in [0.5, 0.6) is 0 Å². The summed E-state index contributed by atoms with van der Waals surface area (Å²) in [7, 11) is 4.60. The summed E-state index contributed by atoms with van der Waals surface area (Å²) >= 11 is 0. The summed E-state index contributed by atoms with van der Waals surface area (Å²) in [5, 5.41) is 32.9. The van der Waals surface area contributed by atoms with Crippen molar-refractivity contribution in [2.45, 2.75) is 186 Å². The van der Waals surface area contributed by atoms with Gasteiger partial charge >= 0.3 is 5.97 Å².